The van der Waals surface area contributed by atoms with Crippen molar-refractivity contribution in [2.45, 2.75) is 0 Å². The van der Waals surface area contributed by atoms with Gasteiger partial charge in [0, 0.05) is 22.3 Å². The molecule has 0 unspecified atom stereocenters. The van der Waals surface area contributed by atoms with Crippen molar-refractivity contribution in [1.29, 1.82) is 0 Å². The molecule has 0 aliphatic carbocycles. The average Bonchev–Trinajstić information content (AvgIpc) is 3.17. The summed E-state index contributed by atoms with van der Waals surface area (Å²) in [4.78, 5) is 0. The van der Waals surface area contributed by atoms with Crippen molar-refractivity contribution in [2.75, 3.05) is 0 Å². The number of para-hydroxylation sites is 4. The van der Waals surface area contributed by atoms with Crippen LogP contribution in [0.3, 0.4) is 0 Å². The Balaban J connectivity index is 1.31. The molecule has 8 aromatic carbocycles. The number of hydrogen-bond acceptors (Lipinski definition) is 2. The standard InChI is InChI=1S/C48H30O2/c1-3-15-35-31(13-1)25-27-33(29-41-37-17-5-9-21-43(37)49-44-22-10-6-18-38(41)44)47(35)48-34(28-26-32-14-2-4-16-36(32)48)30-42-39-19-7-11-23-45(39)50-46-24-12-8-20-40(42)46/h1-30H. The molecule has 8 aromatic rings. The Labute approximate surface area is 290 Å². The van der Waals surface area contributed by atoms with Gasteiger partial charge in [0.1, 0.15) is 23.0 Å². The van der Waals surface area contributed by atoms with Gasteiger partial charge in [-0.2, -0.15) is 0 Å². The van der Waals surface area contributed by atoms with Crippen LogP contribution in [0.5, 0.6) is 23.0 Å². The fraction of sp³-hybridized carbons (Fsp3) is 0. The lowest BCUT2D eigenvalue weighted by atomic mass is 9.83. The summed E-state index contributed by atoms with van der Waals surface area (Å²) >= 11 is 0. The van der Waals surface area contributed by atoms with Crippen molar-refractivity contribution in [1.82, 2.24) is 0 Å². The molecule has 0 spiro atoms. The molecule has 0 saturated carbocycles. The molecule has 0 fully saturated rings. The van der Waals surface area contributed by atoms with Gasteiger partial charge >= 0.3 is 0 Å². The topological polar surface area (TPSA) is 18.5 Å². The summed E-state index contributed by atoms with van der Waals surface area (Å²) in [5, 5.41) is 4.81. The molecule has 0 bridgehead atoms. The van der Waals surface area contributed by atoms with Crippen LogP contribution >= 0.6 is 0 Å². The van der Waals surface area contributed by atoms with Gasteiger partial charge in [0.2, 0.25) is 0 Å². The summed E-state index contributed by atoms with van der Waals surface area (Å²) in [6, 6.07) is 59.9. The number of hydrogen-bond donors (Lipinski definition) is 0. The fourth-order valence-corrected chi connectivity index (χ4v) is 7.64. The Morgan fingerprint density at radius 2 is 0.620 bits per heavy atom. The monoisotopic (exact) mass is 638 g/mol. The summed E-state index contributed by atoms with van der Waals surface area (Å²) in [5.41, 5.74) is 11.3. The summed E-state index contributed by atoms with van der Waals surface area (Å²) in [5.74, 6) is 3.47. The van der Waals surface area contributed by atoms with Crippen LogP contribution in [0.15, 0.2) is 170 Å². The van der Waals surface area contributed by atoms with Crippen LogP contribution in [-0.4, -0.2) is 0 Å². The molecular weight excluding hydrogens is 609 g/mol. The zero-order valence-corrected chi connectivity index (χ0v) is 27.1. The molecule has 0 radical (unpaired) electrons. The van der Waals surface area contributed by atoms with E-state index in [1.165, 1.54) is 32.7 Å². The van der Waals surface area contributed by atoms with Crippen LogP contribution in [-0.2, 0) is 0 Å². The largest absolute Gasteiger partial charge is 0.456 e. The van der Waals surface area contributed by atoms with E-state index in [9.17, 15) is 0 Å². The van der Waals surface area contributed by atoms with E-state index in [1.54, 1.807) is 0 Å². The Morgan fingerprint density at radius 1 is 0.300 bits per heavy atom. The molecule has 0 saturated heterocycles. The second-order valence-corrected chi connectivity index (χ2v) is 12.8. The Kier molecular flexibility index (Phi) is 6.53. The lowest BCUT2D eigenvalue weighted by molar-refractivity contribution is 0.474. The first-order valence-corrected chi connectivity index (χ1v) is 17.0. The zero-order chi connectivity index (χ0) is 33.0. The normalized spacial score (nSPS) is 12.6. The van der Waals surface area contributed by atoms with Crippen molar-refractivity contribution in [3.8, 4) is 34.1 Å². The summed E-state index contributed by atoms with van der Waals surface area (Å²) in [6.45, 7) is 0. The minimum atomic E-state index is 0.868. The molecular formula is C48H30O2. The quantitative estimate of drug-likeness (QED) is 0.192. The van der Waals surface area contributed by atoms with Gasteiger partial charge in [-0.05, 0) is 91.4 Å². The highest BCUT2D eigenvalue weighted by molar-refractivity contribution is 6.13. The van der Waals surface area contributed by atoms with Crippen molar-refractivity contribution in [2.24, 2.45) is 0 Å². The third kappa shape index (κ3) is 4.57. The van der Waals surface area contributed by atoms with Gasteiger partial charge in [-0.3, -0.25) is 0 Å². The maximum absolute atomic E-state index is 6.39. The summed E-state index contributed by atoms with van der Waals surface area (Å²) in [7, 11) is 0. The molecule has 2 heteroatoms. The Hall–Kier alpha value is -6.64. The summed E-state index contributed by atoms with van der Waals surface area (Å²) in [6.07, 6.45) is 4.72. The molecule has 2 aliphatic rings. The van der Waals surface area contributed by atoms with E-state index >= 15 is 0 Å². The van der Waals surface area contributed by atoms with Crippen molar-refractivity contribution in [3.05, 3.63) is 203 Å². The predicted octanol–water partition coefficient (Wildman–Crippen LogP) is 13.0. The molecule has 0 amide bonds. The molecule has 2 heterocycles. The highest BCUT2D eigenvalue weighted by Gasteiger charge is 2.25. The van der Waals surface area contributed by atoms with Gasteiger partial charge in [-0.1, -0.05) is 146 Å². The van der Waals surface area contributed by atoms with Gasteiger partial charge in [-0.15, -0.1) is 0 Å². The maximum Gasteiger partial charge on any atom is 0.135 e. The lowest BCUT2D eigenvalue weighted by Gasteiger charge is -2.24. The first-order chi connectivity index (χ1) is 24.8. The van der Waals surface area contributed by atoms with E-state index < -0.39 is 0 Å². The average molecular weight is 639 g/mol. The van der Waals surface area contributed by atoms with Crippen LogP contribution in [0.1, 0.15) is 33.4 Å². The molecule has 2 nitrogen and oxygen atoms in total. The highest BCUT2D eigenvalue weighted by Crippen LogP contribution is 2.48. The fourth-order valence-electron chi connectivity index (χ4n) is 7.64. The third-order valence-electron chi connectivity index (χ3n) is 9.92. The number of fused-ring (bicyclic) bond motifs is 6. The van der Waals surface area contributed by atoms with Gasteiger partial charge in [-0.25, -0.2) is 0 Å². The summed E-state index contributed by atoms with van der Waals surface area (Å²) < 4.78 is 12.8. The Bertz CT molecular complexity index is 2430. The minimum absolute atomic E-state index is 0.868. The third-order valence-corrected chi connectivity index (χ3v) is 9.92. The van der Waals surface area contributed by atoms with Gasteiger partial charge in [0.05, 0.1) is 0 Å². The molecule has 0 N–H and O–H groups in total. The van der Waals surface area contributed by atoms with Crippen molar-refractivity contribution < 1.29 is 9.47 Å². The van der Waals surface area contributed by atoms with Crippen LogP contribution in [0.2, 0.25) is 0 Å². The van der Waals surface area contributed by atoms with E-state index in [0.29, 0.717) is 0 Å². The first kappa shape index (κ1) is 28.4. The minimum Gasteiger partial charge on any atom is -0.456 e. The van der Waals surface area contributed by atoms with E-state index in [2.05, 4.69) is 158 Å². The Morgan fingerprint density at radius 3 is 1.00 bits per heavy atom. The van der Waals surface area contributed by atoms with Gasteiger partial charge in [0.25, 0.3) is 0 Å². The second-order valence-electron chi connectivity index (χ2n) is 12.8. The molecule has 234 valence electrons. The van der Waals surface area contributed by atoms with Crippen molar-refractivity contribution in [3.63, 3.8) is 0 Å². The smallest absolute Gasteiger partial charge is 0.135 e. The first-order valence-electron chi connectivity index (χ1n) is 17.0. The molecule has 10 rings (SSSR count). The van der Waals surface area contributed by atoms with Gasteiger partial charge in [0.15, 0.2) is 0 Å². The van der Waals surface area contributed by atoms with E-state index in [-0.39, 0.29) is 0 Å². The number of benzene rings is 8. The van der Waals surface area contributed by atoms with Crippen molar-refractivity contribution >= 4 is 44.8 Å². The zero-order valence-electron chi connectivity index (χ0n) is 27.1. The maximum atomic E-state index is 6.39. The SMILES string of the molecule is C(=C1c2ccccc2Oc2ccccc21)c1ccc2ccccc2c1-c1c(C=C2c3ccccc3Oc3ccccc32)ccc2ccccc12. The van der Waals surface area contributed by atoms with Gasteiger partial charge < -0.3 is 9.47 Å². The predicted molar refractivity (Wildman–Crippen MR) is 207 cm³/mol. The van der Waals surface area contributed by atoms with E-state index in [4.69, 9.17) is 9.47 Å². The number of rotatable bonds is 3. The molecule has 50 heavy (non-hydrogen) atoms. The van der Waals surface area contributed by atoms with E-state index in [0.717, 1.165) is 67.5 Å². The van der Waals surface area contributed by atoms with Crippen LogP contribution < -0.4 is 9.47 Å². The van der Waals surface area contributed by atoms with E-state index in [1.807, 2.05) is 24.3 Å². The highest BCUT2D eigenvalue weighted by atomic mass is 16.5. The lowest BCUT2D eigenvalue weighted by Crippen LogP contribution is -2.03. The molecule has 2 aliphatic heterocycles. The number of ether oxygens (including phenoxy) is 2. The second kappa shape index (κ2) is 11.5. The van der Waals surface area contributed by atoms with Crippen LogP contribution in [0.4, 0.5) is 0 Å². The van der Waals surface area contributed by atoms with Crippen LogP contribution in [0.25, 0.3) is 56.0 Å². The molecule has 0 atom stereocenters. The van der Waals surface area contributed by atoms with Crippen LogP contribution in [0, 0.1) is 0 Å². The molecule has 0 aromatic heterocycles.